The molecule has 1 N–H and O–H groups in total. The Morgan fingerprint density at radius 1 is 1.47 bits per heavy atom. The van der Waals surface area contributed by atoms with E-state index in [1.54, 1.807) is 4.98 Å². The van der Waals surface area contributed by atoms with Gasteiger partial charge in [0.05, 0.1) is 12.7 Å². The molecule has 0 amide bonds. The second-order valence-electron chi connectivity index (χ2n) is 2.73. The van der Waals surface area contributed by atoms with E-state index >= 15 is 0 Å². The zero-order valence-electron chi connectivity index (χ0n) is 8.22. The van der Waals surface area contributed by atoms with Gasteiger partial charge in [-0.1, -0.05) is 0 Å². The maximum absolute atomic E-state index is 11.9. The van der Waals surface area contributed by atoms with Gasteiger partial charge in [-0.25, -0.2) is 0 Å². The average molecular weight is 272 g/mol. The number of aromatic amines is 1. The zero-order chi connectivity index (χ0) is 13.2. The highest BCUT2D eigenvalue weighted by Crippen LogP contribution is 2.24. The SMILES string of the molecule is COc1c(C(=O)Cl)cc(OC(F)(F)F)[nH]c1=O. The summed E-state index contributed by atoms with van der Waals surface area (Å²) in [4.78, 5) is 23.9. The van der Waals surface area contributed by atoms with Gasteiger partial charge in [0.1, 0.15) is 0 Å². The molecule has 0 saturated heterocycles. The fourth-order valence-electron chi connectivity index (χ4n) is 1.05. The minimum atomic E-state index is -5.00. The summed E-state index contributed by atoms with van der Waals surface area (Å²) in [6.45, 7) is 0. The standard InChI is InChI=1S/C8H5ClF3NO4/c1-16-5-3(6(9)14)2-4(13-7(5)15)17-8(10,11)12/h2H,1H3,(H,13,15). The third kappa shape index (κ3) is 3.38. The van der Waals surface area contributed by atoms with E-state index in [0.29, 0.717) is 6.07 Å². The first-order valence-electron chi connectivity index (χ1n) is 4.01. The van der Waals surface area contributed by atoms with Crippen LogP contribution in [0.15, 0.2) is 10.9 Å². The predicted octanol–water partition coefficient (Wildman–Crippen LogP) is 1.66. The molecule has 94 valence electrons. The van der Waals surface area contributed by atoms with Gasteiger partial charge in [0, 0.05) is 6.07 Å². The summed E-state index contributed by atoms with van der Waals surface area (Å²) in [5.41, 5.74) is -1.57. The number of nitrogens with one attached hydrogen (secondary N) is 1. The third-order valence-corrected chi connectivity index (χ3v) is 1.81. The molecule has 0 unspecified atom stereocenters. The molecular formula is C8H5ClF3NO4. The summed E-state index contributed by atoms with van der Waals surface area (Å²) >= 11 is 5.09. The molecule has 0 aliphatic rings. The number of carbonyl (C=O) groups excluding carboxylic acids is 1. The van der Waals surface area contributed by atoms with E-state index in [9.17, 15) is 22.8 Å². The number of halogens is 4. The van der Waals surface area contributed by atoms with E-state index in [0.717, 1.165) is 7.11 Å². The van der Waals surface area contributed by atoms with Crippen molar-refractivity contribution < 1.29 is 27.4 Å². The summed E-state index contributed by atoms with van der Waals surface area (Å²) in [6, 6.07) is 0.628. The number of pyridine rings is 1. The molecule has 1 aromatic rings. The first-order chi connectivity index (χ1) is 7.74. The molecule has 0 fully saturated rings. The number of aromatic nitrogens is 1. The van der Waals surface area contributed by atoms with Crippen LogP contribution >= 0.6 is 11.6 Å². The lowest BCUT2D eigenvalue weighted by Crippen LogP contribution is -2.21. The molecule has 9 heteroatoms. The van der Waals surface area contributed by atoms with Crippen molar-refractivity contribution in [3.05, 3.63) is 22.0 Å². The lowest BCUT2D eigenvalue weighted by atomic mass is 10.2. The number of methoxy groups -OCH3 is 1. The fourth-order valence-corrected chi connectivity index (χ4v) is 1.19. The van der Waals surface area contributed by atoms with E-state index in [1.807, 2.05) is 0 Å². The molecule has 0 saturated carbocycles. The molecule has 0 aliphatic carbocycles. The summed E-state index contributed by atoms with van der Waals surface area (Å²) in [6.07, 6.45) is -5.00. The summed E-state index contributed by atoms with van der Waals surface area (Å²) in [5.74, 6) is -1.44. The average Bonchev–Trinajstić information content (AvgIpc) is 2.13. The third-order valence-electron chi connectivity index (χ3n) is 1.60. The molecule has 5 nitrogen and oxygen atoms in total. The number of H-pyrrole nitrogens is 1. The van der Waals surface area contributed by atoms with Crippen molar-refractivity contribution in [1.29, 1.82) is 0 Å². The van der Waals surface area contributed by atoms with Crippen molar-refractivity contribution >= 4 is 16.8 Å². The lowest BCUT2D eigenvalue weighted by Gasteiger charge is -2.10. The Morgan fingerprint density at radius 2 is 2.06 bits per heavy atom. The molecule has 1 heterocycles. The molecule has 0 aliphatic heterocycles. The van der Waals surface area contributed by atoms with Gasteiger partial charge in [-0.3, -0.25) is 14.6 Å². The first-order valence-corrected chi connectivity index (χ1v) is 4.39. The van der Waals surface area contributed by atoms with E-state index in [2.05, 4.69) is 9.47 Å². The molecule has 0 bridgehead atoms. The number of hydrogen-bond donors (Lipinski definition) is 1. The quantitative estimate of drug-likeness (QED) is 0.849. The highest BCUT2D eigenvalue weighted by molar-refractivity contribution is 6.68. The largest absolute Gasteiger partial charge is 0.574 e. The predicted molar refractivity (Wildman–Crippen MR) is 50.5 cm³/mol. The number of hydrogen-bond acceptors (Lipinski definition) is 4. The van der Waals surface area contributed by atoms with Crippen molar-refractivity contribution in [2.75, 3.05) is 7.11 Å². The van der Waals surface area contributed by atoms with Crippen LogP contribution in [0.3, 0.4) is 0 Å². The monoisotopic (exact) mass is 271 g/mol. The number of alkyl halides is 3. The van der Waals surface area contributed by atoms with Crippen LogP contribution in [0.2, 0.25) is 0 Å². The van der Waals surface area contributed by atoms with E-state index in [4.69, 9.17) is 11.6 Å². The van der Waals surface area contributed by atoms with Crippen LogP contribution in [-0.4, -0.2) is 23.7 Å². The van der Waals surface area contributed by atoms with Crippen molar-refractivity contribution in [2.45, 2.75) is 6.36 Å². The van der Waals surface area contributed by atoms with Crippen LogP contribution in [0.1, 0.15) is 10.4 Å². The van der Waals surface area contributed by atoms with Crippen LogP contribution in [0, 0.1) is 0 Å². The maximum atomic E-state index is 11.9. The van der Waals surface area contributed by atoms with Gasteiger partial charge >= 0.3 is 6.36 Å². The Balaban J connectivity index is 3.30. The highest BCUT2D eigenvalue weighted by atomic mass is 35.5. The van der Waals surface area contributed by atoms with E-state index < -0.39 is 34.4 Å². The normalized spacial score (nSPS) is 11.1. The molecule has 0 radical (unpaired) electrons. The van der Waals surface area contributed by atoms with E-state index in [1.165, 1.54) is 0 Å². The minimum Gasteiger partial charge on any atom is -0.491 e. The fraction of sp³-hybridized carbons (Fsp3) is 0.250. The van der Waals surface area contributed by atoms with Crippen molar-refractivity contribution in [2.24, 2.45) is 0 Å². The molecular weight excluding hydrogens is 267 g/mol. The van der Waals surface area contributed by atoms with Gasteiger partial charge in [0.25, 0.3) is 10.8 Å². The summed E-state index contributed by atoms with van der Waals surface area (Å²) in [5, 5.41) is -1.14. The van der Waals surface area contributed by atoms with E-state index in [-0.39, 0.29) is 0 Å². The second-order valence-corrected chi connectivity index (χ2v) is 3.07. The molecule has 0 spiro atoms. The molecule has 0 atom stereocenters. The van der Waals surface area contributed by atoms with Gasteiger partial charge in [0.2, 0.25) is 5.88 Å². The van der Waals surface area contributed by atoms with Crippen LogP contribution in [-0.2, 0) is 0 Å². The van der Waals surface area contributed by atoms with Crippen LogP contribution in [0.4, 0.5) is 13.2 Å². The minimum absolute atomic E-state index is 0.487. The Kier molecular flexibility index (Phi) is 3.66. The van der Waals surface area contributed by atoms with Gasteiger partial charge in [-0.05, 0) is 11.6 Å². The van der Waals surface area contributed by atoms with Crippen molar-refractivity contribution in [3.8, 4) is 11.6 Å². The zero-order valence-corrected chi connectivity index (χ0v) is 8.98. The maximum Gasteiger partial charge on any atom is 0.574 e. The highest BCUT2D eigenvalue weighted by Gasteiger charge is 2.32. The Bertz CT molecular complexity index is 497. The Morgan fingerprint density at radius 3 is 2.47 bits per heavy atom. The van der Waals surface area contributed by atoms with Crippen LogP contribution < -0.4 is 15.0 Å². The second kappa shape index (κ2) is 4.66. The molecule has 17 heavy (non-hydrogen) atoms. The molecule has 1 aromatic heterocycles. The van der Waals surface area contributed by atoms with Crippen molar-refractivity contribution in [3.63, 3.8) is 0 Å². The van der Waals surface area contributed by atoms with Crippen molar-refractivity contribution in [1.82, 2.24) is 4.98 Å². The van der Waals surface area contributed by atoms with Gasteiger partial charge in [0.15, 0.2) is 5.75 Å². The number of carbonyl (C=O) groups is 1. The Hall–Kier alpha value is -1.70. The molecule has 0 aromatic carbocycles. The van der Waals surface area contributed by atoms with Crippen LogP contribution in [0.25, 0.3) is 0 Å². The smallest absolute Gasteiger partial charge is 0.491 e. The topological polar surface area (TPSA) is 68.4 Å². The Labute approximate surface area is 97.1 Å². The van der Waals surface area contributed by atoms with Gasteiger partial charge in [-0.15, -0.1) is 13.2 Å². The summed E-state index contributed by atoms with van der Waals surface area (Å²) in [7, 11) is 1.07. The summed E-state index contributed by atoms with van der Waals surface area (Å²) < 4.78 is 43.7. The van der Waals surface area contributed by atoms with Gasteiger partial charge < -0.3 is 9.47 Å². The lowest BCUT2D eigenvalue weighted by molar-refractivity contribution is -0.276. The first kappa shape index (κ1) is 13.4. The number of ether oxygens (including phenoxy) is 2. The molecule has 1 rings (SSSR count). The van der Waals surface area contributed by atoms with Gasteiger partial charge in [-0.2, -0.15) is 0 Å². The van der Waals surface area contributed by atoms with Crippen LogP contribution in [0.5, 0.6) is 11.6 Å². The number of rotatable bonds is 3.